The fraction of sp³-hybridized carbons (Fsp3) is 0.182. The molecule has 8 heteroatoms. The SMILES string of the molecule is O=C(O)c1cc(S(=O)(=O)NCCn2cccc2)c[nH]1. The van der Waals surface area contributed by atoms with Crippen molar-refractivity contribution in [1.29, 1.82) is 0 Å². The van der Waals surface area contributed by atoms with E-state index in [0.29, 0.717) is 6.54 Å². The number of hydrogen-bond acceptors (Lipinski definition) is 3. The zero-order valence-corrected chi connectivity index (χ0v) is 10.7. The standard InChI is InChI=1S/C11H13N3O4S/c15-11(16)10-7-9(8-12-10)19(17,18)13-3-6-14-4-1-2-5-14/h1-2,4-5,7-8,12-13H,3,6H2,(H,15,16). The number of carbonyl (C=O) groups is 1. The minimum absolute atomic E-state index is 0.0857. The van der Waals surface area contributed by atoms with Gasteiger partial charge in [-0.15, -0.1) is 0 Å². The van der Waals surface area contributed by atoms with E-state index in [4.69, 9.17) is 5.11 Å². The number of aromatic nitrogens is 2. The molecule has 2 rings (SSSR count). The normalized spacial score (nSPS) is 11.6. The van der Waals surface area contributed by atoms with Crippen LogP contribution in [0.1, 0.15) is 10.5 Å². The first-order chi connectivity index (χ1) is 8.99. The minimum Gasteiger partial charge on any atom is -0.477 e. The molecule has 0 aliphatic carbocycles. The molecule has 0 saturated heterocycles. The summed E-state index contributed by atoms with van der Waals surface area (Å²) < 4.78 is 28.0. The first-order valence-corrected chi connectivity index (χ1v) is 6.99. The molecule has 0 radical (unpaired) electrons. The Hall–Kier alpha value is -2.06. The quantitative estimate of drug-likeness (QED) is 0.717. The van der Waals surface area contributed by atoms with E-state index < -0.39 is 16.0 Å². The number of rotatable bonds is 6. The Bertz CT molecular complexity index is 658. The zero-order chi connectivity index (χ0) is 13.9. The summed E-state index contributed by atoms with van der Waals surface area (Å²) in [6, 6.07) is 4.78. The molecule has 102 valence electrons. The predicted molar refractivity (Wildman–Crippen MR) is 67.4 cm³/mol. The van der Waals surface area contributed by atoms with Crippen LogP contribution in [0.25, 0.3) is 0 Å². The highest BCUT2D eigenvalue weighted by Crippen LogP contribution is 2.10. The number of sulfonamides is 1. The van der Waals surface area contributed by atoms with Crippen LogP contribution in [0.5, 0.6) is 0 Å². The lowest BCUT2D eigenvalue weighted by Gasteiger charge is -2.05. The van der Waals surface area contributed by atoms with E-state index in [9.17, 15) is 13.2 Å². The van der Waals surface area contributed by atoms with Crippen molar-refractivity contribution in [2.24, 2.45) is 0 Å². The molecule has 0 amide bonds. The van der Waals surface area contributed by atoms with Gasteiger partial charge in [-0.05, 0) is 18.2 Å². The lowest BCUT2D eigenvalue weighted by Crippen LogP contribution is -2.26. The summed E-state index contributed by atoms with van der Waals surface area (Å²) in [5.74, 6) is -1.20. The molecule has 7 nitrogen and oxygen atoms in total. The first kappa shape index (κ1) is 13.4. The van der Waals surface area contributed by atoms with Crippen LogP contribution in [-0.4, -0.2) is 35.6 Å². The third-order valence-corrected chi connectivity index (χ3v) is 3.97. The molecular formula is C11H13N3O4S. The van der Waals surface area contributed by atoms with Crippen molar-refractivity contribution in [3.8, 4) is 0 Å². The Kier molecular flexibility index (Phi) is 3.72. The average molecular weight is 283 g/mol. The van der Waals surface area contributed by atoms with Crippen LogP contribution in [-0.2, 0) is 16.6 Å². The van der Waals surface area contributed by atoms with Gasteiger partial charge >= 0.3 is 5.97 Å². The molecule has 0 atom stereocenters. The maximum atomic E-state index is 11.9. The monoisotopic (exact) mass is 283 g/mol. The maximum Gasteiger partial charge on any atom is 0.352 e. The van der Waals surface area contributed by atoms with Gasteiger partial charge in [0.25, 0.3) is 0 Å². The van der Waals surface area contributed by atoms with Crippen LogP contribution in [0.2, 0.25) is 0 Å². The number of aromatic amines is 1. The molecule has 0 bridgehead atoms. The summed E-state index contributed by atoms with van der Waals surface area (Å²) in [6.45, 7) is 0.729. The predicted octanol–water partition coefficient (Wildman–Crippen LogP) is 0.493. The Morgan fingerprint density at radius 3 is 2.63 bits per heavy atom. The van der Waals surface area contributed by atoms with E-state index >= 15 is 0 Å². The number of H-pyrrole nitrogens is 1. The summed E-state index contributed by atoms with van der Waals surface area (Å²) in [5, 5.41) is 8.72. The van der Waals surface area contributed by atoms with Crippen LogP contribution >= 0.6 is 0 Å². The molecular weight excluding hydrogens is 270 g/mol. The van der Waals surface area contributed by atoms with E-state index in [1.807, 2.05) is 29.1 Å². The van der Waals surface area contributed by atoms with Gasteiger partial charge in [0, 0.05) is 31.7 Å². The zero-order valence-electron chi connectivity index (χ0n) is 9.91. The van der Waals surface area contributed by atoms with Gasteiger partial charge in [-0.25, -0.2) is 17.9 Å². The van der Waals surface area contributed by atoms with Crippen molar-refractivity contribution >= 4 is 16.0 Å². The van der Waals surface area contributed by atoms with Crippen LogP contribution in [0.4, 0.5) is 0 Å². The van der Waals surface area contributed by atoms with Crippen LogP contribution < -0.4 is 4.72 Å². The Balaban J connectivity index is 1.99. The van der Waals surface area contributed by atoms with Gasteiger partial charge in [0.2, 0.25) is 10.0 Å². The molecule has 0 aliphatic heterocycles. The van der Waals surface area contributed by atoms with Crippen molar-refractivity contribution < 1.29 is 18.3 Å². The second-order valence-electron chi connectivity index (χ2n) is 3.87. The lowest BCUT2D eigenvalue weighted by molar-refractivity contribution is 0.0691. The number of hydrogen-bond donors (Lipinski definition) is 3. The van der Waals surface area contributed by atoms with Crippen molar-refractivity contribution in [1.82, 2.24) is 14.3 Å². The molecule has 2 aromatic heterocycles. The van der Waals surface area contributed by atoms with Gasteiger partial charge in [-0.3, -0.25) is 0 Å². The maximum absolute atomic E-state index is 11.9. The number of nitrogens with one attached hydrogen (secondary N) is 2. The van der Waals surface area contributed by atoms with Crippen LogP contribution in [0.3, 0.4) is 0 Å². The molecule has 2 aromatic rings. The second kappa shape index (κ2) is 5.29. The smallest absolute Gasteiger partial charge is 0.352 e. The van der Waals surface area contributed by atoms with Crippen LogP contribution in [0.15, 0.2) is 41.7 Å². The van der Waals surface area contributed by atoms with Crippen molar-refractivity contribution in [3.05, 3.63) is 42.5 Å². The highest BCUT2D eigenvalue weighted by Gasteiger charge is 2.17. The summed E-state index contributed by atoms with van der Waals surface area (Å²) in [4.78, 5) is 13.0. The van der Waals surface area contributed by atoms with Gasteiger partial charge in [-0.1, -0.05) is 0 Å². The molecule has 3 N–H and O–H groups in total. The summed E-state index contributed by atoms with van der Waals surface area (Å²) in [6.07, 6.45) is 4.81. The number of nitrogens with zero attached hydrogens (tertiary/aromatic N) is 1. The van der Waals surface area contributed by atoms with Crippen molar-refractivity contribution in [2.45, 2.75) is 11.4 Å². The lowest BCUT2D eigenvalue weighted by atomic mass is 10.4. The largest absolute Gasteiger partial charge is 0.477 e. The number of carboxylic acid groups (broad SMARTS) is 1. The molecule has 19 heavy (non-hydrogen) atoms. The van der Waals surface area contributed by atoms with E-state index in [-0.39, 0.29) is 17.1 Å². The molecule has 0 aromatic carbocycles. The summed E-state index contributed by atoms with van der Waals surface area (Å²) >= 11 is 0. The van der Waals surface area contributed by atoms with E-state index in [0.717, 1.165) is 12.3 Å². The Morgan fingerprint density at radius 2 is 2.05 bits per heavy atom. The third kappa shape index (κ3) is 3.24. The topological polar surface area (TPSA) is 104 Å². The van der Waals surface area contributed by atoms with Crippen molar-refractivity contribution in [3.63, 3.8) is 0 Å². The molecule has 0 saturated carbocycles. The van der Waals surface area contributed by atoms with Gasteiger partial charge in [0.05, 0.1) is 0 Å². The second-order valence-corrected chi connectivity index (χ2v) is 5.64. The Labute approximate surface area is 109 Å². The van der Waals surface area contributed by atoms with Gasteiger partial charge in [0.15, 0.2) is 0 Å². The fourth-order valence-electron chi connectivity index (χ4n) is 1.56. The Morgan fingerprint density at radius 1 is 1.37 bits per heavy atom. The van der Waals surface area contributed by atoms with Gasteiger partial charge in [0.1, 0.15) is 10.6 Å². The highest BCUT2D eigenvalue weighted by atomic mass is 32.2. The fourth-order valence-corrected chi connectivity index (χ4v) is 2.58. The third-order valence-electron chi connectivity index (χ3n) is 2.53. The van der Waals surface area contributed by atoms with Crippen molar-refractivity contribution in [2.75, 3.05) is 6.54 Å². The molecule has 0 fully saturated rings. The van der Waals surface area contributed by atoms with E-state index in [1.54, 1.807) is 0 Å². The van der Waals surface area contributed by atoms with Crippen LogP contribution in [0, 0.1) is 0 Å². The minimum atomic E-state index is -3.68. The van der Waals surface area contributed by atoms with Gasteiger partial charge < -0.3 is 14.7 Å². The molecule has 0 spiro atoms. The van der Waals surface area contributed by atoms with E-state index in [1.165, 1.54) is 0 Å². The molecule has 0 unspecified atom stereocenters. The number of carboxylic acids is 1. The average Bonchev–Trinajstić information content (AvgIpc) is 2.99. The van der Waals surface area contributed by atoms with E-state index in [2.05, 4.69) is 9.71 Å². The number of aromatic carboxylic acids is 1. The highest BCUT2D eigenvalue weighted by molar-refractivity contribution is 7.89. The first-order valence-electron chi connectivity index (χ1n) is 5.51. The summed E-state index contributed by atoms with van der Waals surface area (Å²) in [5.41, 5.74) is -0.161. The summed E-state index contributed by atoms with van der Waals surface area (Å²) in [7, 11) is -3.68. The van der Waals surface area contributed by atoms with Gasteiger partial charge in [-0.2, -0.15) is 0 Å². The molecule has 0 aliphatic rings. The molecule has 2 heterocycles.